The number of nitrogens with two attached hydrogens (primary N) is 1. The molecule has 9 aromatic heterocycles. The van der Waals surface area contributed by atoms with E-state index in [1.807, 2.05) is 121 Å². The average Bonchev–Trinajstić information content (AvgIpc) is 1.25. The number of rotatable bonds is 23. The molecule has 12 aromatic rings. The maximum Gasteiger partial charge on any atom is 0.251 e. The molecule has 0 aliphatic heterocycles. The molecule has 1 amide bonds. The van der Waals surface area contributed by atoms with Crippen molar-refractivity contribution in [3.8, 4) is 102 Å². The number of amides is 1. The highest BCUT2D eigenvalue weighted by atomic mass is 16.5. The van der Waals surface area contributed by atoms with Crippen LogP contribution in [-0.2, 0) is 44.1 Å². The summed E-state index contributed by atoms with van der Waals surface area (Å²) >= 11 is 0. The molecule has 23 heteroatoms. The number of carbonyl (C=O) groups excluding carboxylic acids is 1. The van der Waals surface area contributed by atoms with Crippen LogP contribution in [0.5, 0.6) is 0 Å². The van der Waals surface area contributed by atoms with E-state index in [0.717, 1.165) is 95.5 Å². The first-order chi connectivity index (χ1) is 47.5. The van der Waals surface area contributed by atoms with Crippen LogP contribution in [0.1, 0.15) is 79.0 Å². The Balaban J connectivity index is 0.000000210. The van der Waals surface area contributed by atoms with Crippen LogP contribution in [-0.4, -0.2) is 86.1 Å². The molecule has 0 spiro atoms. The predicted octanol–water partition coefficient (Wildman–Crippen LogP) is 12.3. The molecule has 1 aliphatic carbocycles. The van der Waals surface area contributed by atoms with E-state index in [1.54, 1.807) is 58.1 Å². The molecule has 98 heavy (non-hydrogen) atoms. The zero-order valence-electron chi connectivity index (χ0n) is 56.1. The number of aryl methyl sites for hydroxylation is 4. The van der Waals surface area contributed by atoms with Gasteiger partial charge in [-0.05, 0) is 95.1 Å². The van der Waals surface area contributed by atoms with Crippen LogP contribution in [0.25, 0.3) is 102 Å². The van der Waals surface area contributed by atoms with Gasteiger partial charge in [0.1, 0.15) is 40.7 Å². The highest BCUT2D eigenvalue weighted by Gasteiger charge is 2.22. The number of nitrogens with zero attached hydrogens (tertiary/aromatic N) is 12. The SMILES string of the molecule is CC[C@H](C)Cn1cc(-c2cnc(C)c(-c3cc(-c4ccc(CNC)cc4)no3)n2)ccc1=O.CNCc1ccc(-c2cc(-c3nc(-c4ccc(=O)n(CC(N)=O)c4)cnc3C)on2)cc1.CNCc1ccc(-c2cc(-c3nc(-c4ccc(=O)n(CCC5CC5)c4)cnc3C)on2)cc1.[HH].[HH].[HH].[HH]. The van der Waals surface area contributed by atoms with Gasteiger partial charge >= 0.3 is 0 Å². The molecule has 1 saturated carbocycles. The van der Waals surface area contributed by atoms with Crippen LogP contribution in [0.4, 0.5) is 0 Å². The molecular formula is C75H86N16O7. The van der Waals surface area contributed by atoms with Gasteiger partial charge in [0.15, 0.2) is 17.3 Å². The smallest absolute Gasteiger partial charge is 0.251 e. The zero-order chi connectivity index (χ0) is 68.8. The Morgan fingerprint density at radius 1 is 0.500 bits per heavy atom. The molecule has 0 saturated heterocycles. The summed E-state index contributed by atoms with van der Waals surface area (Å²) in [6.45, 7) is 13.5. The van der Waals surface area contributed by atoms with Crippen LogP contribution < -0.4 is 38.4 Å². The number of benzene rings is 3. The van der Waals surface area contributed by atoms with Crippen molar-refractivity contribution < 1.29 is 24.1 Å². The van der Waals surface area contributed by atoms with Gasteiger partial charge in [0.05, 0.1) is 52.8 Å². The minimum Gasteiger partial charge on any atom is -0.368 e. The molecule has 0 unspecified atom stereocenters. The minimum atomic E-state index is -0.604. The molecule has 0 bridgehead atoms. The van der Waals surface area contributed by atoms with Gasteiger partial charge in [-0.2, -0.15) is 0 Å². The molecule has 1 fully saturated rings. The second kappa shape index (κ2) is 31.5. The van der Waals surface area contributed by atoms with Crippen molar-refractivity contribution in [3.05, 3.63) is 229 Å². The van der Waals surface area contributed by atoms with Crippen molar-refractivity contribution in [3.63, 3.8) is 0 Å². The van der Waals surface area contributed by atoms with Crippen molar-refractivity contribution in [2.75, 3.05) is 21.1 Å². The van der Waals surface area contributed by atoms with Crippen molar-refractivity contribution in [2.24, 2.45) is 17.6 Å². The fourth-order valence-electron chi connectivity index (χ4n) is 10.9. The summed E-state index contributed by atoms with van der Waals surface area (Å²) < 4.78 is 21.6. The highest BCUT2D eigenvalue weighted by molar-refractivity contribution is 5.74. The molecule has 9 heterocycles. The standard InChI is InChI=1S/C26H27N5O2.C26H29N5O2.C23H22N6O3.4H2/c1-17-26(24-13-22(30-33-24)20-7-5-19(6-8-20)14-27-2)29-23(15-28-17)21-9-10-25(32)31(16-21)12-11-18-3-4-18;1-5-17(2)15-31-16-21(10-11-25(31)32)23-14-28-18(3)26(29-23)24-12-22(30-33-24)20-8-6-19(7-9-20)13-27-4;1-14-23(20-9-18(28-32-20)16-5-3-15(4-6-16)10-25-2)27-19(11-26-14)17-7-8-22(31)29(12-17)13-21(24)30;;;;/h5-10,13,15-16,18,27H,3-4,11-12,14H2,1-2H3;6-12,14,16-17,27H,5,13,15H2,1-4H3;3-9,11-12,25H,10,13H2,1-2H3,(H2,24,30);4*1H/t;17-;;;;;/m.0...../s1. The summed E-state index contributed by atoms with van der Waals surface area (Å²) in [5, 5.41) is 22.1. The Hall–Kier alpha value is -11.3. The molecule has 5 N–H and O–H groups in total. The van der Waals surface area contributed by atoms with Gasteiger partial charge in [-0.3, -0.25) is 34.1 Å². The Morgan fingerprint density at radius 3 is 1.18 bits per heavy atom. The number of primary amides is 1. The highest BCUT2D eigenvalue weighted by Crippen LogP contribution is 2.34. The molecule has 1 atom stereocenters. The van der Waals surface area contributed by atoms with Gasteiger partial charge in [0.25, 0.3) is 16.7 Å². The van der Waals surface area contributed by atoms with Gasteiger partial charge in [-0.15, -0.1) is 0 Å². The molecule has 508 valence electrons. The van der Waals surface area contributed by atoms with Crippen LogP contribution in [0.15, 0.2) is 193 Å². The van der Waals surface area contributed by atoms with Crippen molar-refractivity contribution in [1.29, 1.82) is 0 Å². The lowest BCUT2D eigenvalue weighted by Crippen LogP contribution is -2.27. The Kier molecular flexibility index (Phi) is 21.9. The van der Waals surface area contributed by atoms with Gasteiger partial charge < -0.3 is 49.0 Å². The summed E-state index contributed by atoms with van der Waals surface area (Å²) in [7, 11) is 5.76. The molecule has 1 aliphatic rings. The first kappa shape index (κ1) is 68.1. The van der Waals surface area contributed by atoms with E-state index in [2.05, 4.69) is 89.5 Å². The van der Waals surface area contributed by atoms with E-state index in [9.17, 15) is 19.2 Å². The topological polar surface area (TPSA) is 301 Å². The molecule has 0 radical (unpaired) electrons. The van der Waals surface area contributed by atoms with Gasteiger partial charge in [-0.25, -0.2) is 15.0 Å². The van der Waals surface area contributed by atoms with E-state index < -0.39 is 5.91 Å². The number of carbonyl (C=O) groups is 1. The van der Waals surface area contributed by atoms with E-state index in [4.69, 9.17) is 29.3 Å². The average molecular weight is 1320 g/mol. The largest absolute Gasteiger partial charge is 0.368 e. The van der Waals surface area contributed by atoms with Crippen molar-refractivity contribution in [1.82, 2.24) is 75.0 Å². The second-order valence-corrected chi connectivity index (χ2v) is 24.4. The van der Waals surface area contributed by atoms with E-state index in [1.165, 1.54) is 46.4 Å². The third-order valence-electron chi connectivity index (χ3n) is 16.8. The summed E-state index contributed by atoms with van der Waals surface area (Å²) in [6.07, 6.45) is 15.0. The zero-order valence-corrected chi connectivity index (χ0v) is 56.1. The third kappa shape index (κ3) is 17.0. The Labute approximate surface area is 572 Å². The molecule has 23 nitrogen and oxygen atoms in total. The lowest BCUT2D eigenvalue weighted by Gasteiger charge is -2.12. The lowest BCUT2D eigenvalue weighted by molar-refractivity contribution is -0.118. The minimum absolute atomic E-state index is 0. The number of hydrogen-bond acceptors (Lipinski definition) is 19. The second-order valence-electron chi connectivity index (χ2n) is 24.4. The van der Waals surface area contributed by atoms with E-state index in [0.29, 0.717) is 80.9 Å². The van der Waals surface area contributed by atoms with E-state index >= 15 is 0 Å². The van der Waals surface area contributed by atoms with Crippen LogP contribution in [0, 0.1) is 32.6 Å². The van der Waals surface area contributed by atoms with Gasteiger partial charge in [0.2, 0.25) is 5.91 Å². The van der Waals surface area contributed by atoms with Crippen molar-refractivity contribution in [2.45, 2.75) is 99.6 Å². The number of hydrogen-bond donors (Lipinski definition) is 4. The summed E-state index contributed by atoms with van der Waals surface area (Å²) in [5.41, 5.74) is 21.8. The summed E-state index contributed by atoms with van der Waals surface area (Å²) in [5.74, 6) is 2.19. The van der Waals surface area contributed by atoms with Crippen LogP contribution in [0.3, 0.4) is 0 Å². The van der Waals surface area contributed by atoms with Crippen LogP contribution in [0.2, 0.25) is 0 Å². The monoisotopic (exact) mass is 1320 g/mol. The maximum atomic E-state index is 12.3. The third-order valence-corrected chi connectivity index (χ3v) is 16.8. The Morgan fingerprint density at radius 2 is 0.837 bits per heavy atom. The normalized spacial score (nSPS) is 12.2. The fraction of sp³-hybridized carbons (Fsp3) is 0.267. The van der Waals surface area contributed by atoms with E-state index in [-0.39, 0.29) is 28.9 Å². The maximum absolute atomic E-state index is 12.3. The first-order valence-electron chi connectivity index (χ1n) is 32.6. The fourth-order valence-corrected chi connectivity index (χ4v) is 10.9. The summed E-state index contributed by atoms with van der Waals surface area (Å²) in [4.78, 5) is 75.6. The number of aromatic nitrogens is 12. The first-order valence-corrected chi connectivity index (χ1v) is 32.6. The summed E-state index contributed by atoms with van der Waals surface area (Å²) in [6, 6.07) is 39.8. The molecule has 13 rings (SSSR count). The molecular weight excluding hydrogens is 1240 g/mol. The predicted molar refractivity (Wildman–Crippen MR) is 385 cm³/mol. The molecule has 3 aromatic carbocycles. The number of pyridine rings is 3. The number of nitrogens with one attached hydrogen (secondary N) is 3. The van der Waals surface area contributed by atoms with Crippen molar-refractivity contribution >= 4 is 5.91 Å². The van der Waals surface area contributed by atoms with Crippen LogP contribution >= 0.6 is 0 Å². The Bertz CT molecular complexity index is 4940. The van der Waals surface area contributed by atoms with Gasteiger partial charge in [-0.1, -0.05) is 121 Å². The lowest BCUT2D eigenvalue weighted by atomic mass is 10.1. The van der Waals surface area contributed by atoms with Gasteiger partial charge in [0, 0.05) is 127 Å². The quantitative estimate of drug-likeness (QED) is 0.0462.